The maximum atomic E-state index is 5.80. The maximum Gasteiger partial charge on any atom is 0.195 e. The second kappa shape index (κ2) is 5.14. The first-order chi connectivity index (χ1) is 9.57. The molecule has 0 radical (unpaired) electrons. The molecule has 1 atom stereocenters. The van der Waals surface area contributed by atoms with Crippen LogP contribution in [0.1, 0.15) is 32.7 Å². The summed E-state index contributed by atoms with van der Waals surface area (Å²) in [7, 11) is 0. The van der Waals surface area contributed by atoms with E-state index in [1.54, 1.807) is 0 Å². The van der Waals surface area contributed by atoms with E-state index in [9.17, 15) is 0 Å². The summed E-state index contributed by atoms with van der Waals surface area (Å²) >= 11 is 5.43. The first-order valence-corrected chi connectivity index (χ1v) is 7.34. The van der Waals surface area contributed by atoms with E-state index >= 15 is 0 Å². The molecule has 106 valence electrons. The monoisotopic (exact) mass is 289 g/mol. The summed E-state index contributed by atoms with van der Waals surface area (Å²) in [4.78, 5) is 0. The van der Waals surface area contributed by atoms with Crippen LogP contribution < -0.4 is 0 Å². The molecule has 0 spiro atoms. The number of benzene rings is 1. The molecule has 4 nitrogen and oxygen atoms in total. The number of hydrogen-bond acceptors (Lipinski definition) is 3. The SMILES string of the molecule is CC1(C)CC(n2c(-c3ccccc3)n[nH]c2=S)CCO1. The van der Waals surface area contributed by atoms with E-state index in [2.05, 4.69) is 40.7 Å². The van der Waals surface area contributed by atoms with Crippen LogP contribution in [0.15, 0.2) is 30.3 Å². The van der Waals surface area contributed by atoms with Gasteiger partial charge in [-0.1, -0.05) is 30.3 Å². The minimum Gasteiger partial charge on any atom is -0.375 e. The summed E-state index contributed by atoms with van der Waals surface area (Å²) < 4.78 is 8.64. The Balaban J connectivity index is 2.02. The Morgan fingerprint density at radius 3 is 2.80 bits per heavy atom. The first kappa shape index (κ1) is 13.5. The van der Waals surface area contributed by atoms with E-state index in [1.165, 1.54) is 0 Å². The van der Waals surface area contributed by atoms with Gasteiger partial charge in [0.25, 0.3) is 0 Å². The van der Waals surface area contributed by atoms with Crippen LogP contribution >= 0.6 is 12.2 Å². The Labute approximate surface area is 123 Å². The highest BCUT2D eigenvalue weighted by atomic mass is 32.1. The molecule has 0 saturated carbocycles. The van der Waals surface area contributed by atoms with Gasteiger partial charge in [0.05, 0.1) is 5.60 Å². The molecule has 1 saturated heterocycles. The largest absolute Gasteiger partial charge is 0.375 e. The zero-order valence-corrected chi connectivity index (χ0v) is 12.6. The molecule has 0 aliphatic carbocycles. The van der Waals surface area contributed by atoms with E-state index in [0.717, 1.165) is 30.8 Å². The Kier molecular flexibility index (Phi) is 3.48. The summed E-state index contributed by atoms with van der Waals surface area (Å²) in [5.74, 6) is 0.915. The highest BCUT2D eigenvalue weighted by molar-refractivity contribution is 7.71. The molecule has 20 heavy (non-hydrogen) atoms. The molecule has 1 aliphatic heterocycles. The third-order valence-corrected chi connectivity index (χ3v) is 4.06. The summed E-state index contributed by atoms with van der Waals surface area (Å²) in [6, 6.07) is 10.5. The fourth-order valence-electron chi connectivity index (χ4n) is 2.85. The second-order valence-electron chi connectivity index (χ2n) is 5.84. The average Bonchev–Trinajstić information content (AvgIpc) is 2.80. The van der Waals surface area contributed by atoms with Gasteiger partial charge in [0.2, 0.25) is 0 Å². The van der Waals surface area contributed by atoms with Gasteiger partial charge >= 0.3 is 0 Å². The third kappa shape index (κ3) is 2.55. The van der Waals surface area contributed by atoms with E-state index in [1.807, 2.05) is 18.2 Å². The molecule has 0 bridgehead atoms. The molecule has 1 aromatic heterocycles. The molecule has 1 aromatic carbocycles. The normalized spacial score (nSPS) is 21.8. The van der Waals surface area contributed by atoms with Gasteiger partial charge in [-0.3, -0.25) is 9.67 Å². The summed E-state index contributed by atoms with van der Waals surface area (Å²) in [5.41, 5.74) is 0.979. The van der Waals surface area contributed by atoms with Crippen LogP contribution in [-0.4, -0.2) is 27.0 Å². The molecular weight excluding hydrogens is 270 g/mol. The van der Waals surface area contributed by atoms with Crippen LogP contribution in [0.3, 0.4) is 0 Å². The molecule has 1 N–H and O–H groups in total. The van der Waals surface area contributed by atoms with Gasteiger partial charge in [-0.2, -0.15) is 5.10 Å². The lowest BCUT2D eigenvalue weighted by Crippen LogP contribution is -2.35. The standard InChI is InChI=1S/C15H19N3OS/c1-15(2)10-12(8-9-19-15)18-13(16-17-14(18)20)11-6-4-3-5-7-11/h3-7,12H,8-10H2,1-2H3,(H,17,20). The third-order valence-electron chi connectivity index (χ3n) is 3.77. The van der Waals surface area contributed by atoms with E-state index in [0.29, 0.717) is 10.8 Å². The van der Waals surface area contributed by atoms with Crippen LogP contribution in [0.5, 0.6) is 0 Å². The van der Waals surface area contributed by atoms with Gasteiger partial charge in [-0.25, -0.2) is 0 Å². The van der Waals surface area contributed by atoms with Crippen molar-refractivity contribution in [2.75, 3.05) is 6.61 Å². The molecule has 2 aromatic rings. The number of aromatic amines is 1. The second-order valence-corrected chi connectivity index (χ2v) is 6.23. The van der Waals surface area contributed by atoms with Crippen molar-refractivity contribution in [3.8, 4) is 11.4 Å². The molecule has 1 unspecified atom stereocenters. The number of hydrogen-bond donors (Lipinski definition) is 1. The number of nitrogens with one attached hydrogen (secondary N) is 1. The van der Waals surface area contributed by atoms with Crippen molar-refractivity contribution in [2.45, 2.75) is 38.3 Å². The average molecular weight is 289 g/mol. The maximum absolute atomic E-state index is 5.80. The van der Waals surface area contributed by atoms with Gasteiger partial charge in [0.15, 0.2) is 10.6 Å². The van der Waals surface area contributed by atoms with Gasteiger partial charge in [-0.05, 0) is 38.9 Å². The topological polar surface area (TPSA) is 42.8 Å². The molecular formula is C15H19N3OS. The highest BCUT2D eigenvalue weighted by Gasteiger charge is 2.31. The molecule has 1 aliphatic rings. The van der Waals surface area contributed by atoms with Crippen molar-refractivity contribution >= 4 is 12.2 Å². The number of rotatable bonds is 2. The lowest BCUT2D eigenvalue weighted by atomic mass is 9.93. The Morgan fingerprint density at radius 2 is 2.10 bits per heavy atom. The number of H-pyrrole nitrogens is 1. The molecule has 3 rings (SSSR count). The molecule has 1 fully saturated rings. The molecule has 0 amide bonds. The van der Waals surface area contributed by atoms with Crippen LogP contribution in [0.4, 0.5) is 0 Å². The van der Waals surface area contributed by atoms with Crippen molar-refractivity contribution in [3.05, 3.63) is 35.1 Å². The van der Waals surface area contributed by atoms with Crippen molar-refractivity contribution in [1.82, 2.24) is 14.8 Å². The van der Waals surface area contributed by atoms with Crippen LogP contribution in [0.2, 0.25) is 0 Å². The summed E-state index contributed by atoms with van der Waals surface area (Å²) in [6.45, 7) is 5.02. The smallest absolute Gasteiger partial charge is 0.195 e. The van der Waals surface area contributed by atoms with Gasteiger partial charge in [0, 0.05) is 18.2 Å². The number of ether oxygens (including phenoxy) is 1. The summed E-state index contributed by atoms with van der Waals surface area (Å²) in [6.07, 6.45) is 1.91. The van der Waals surface area contributed by atoms with Crippen LogP contribution in [0.25, 0.3) is 11.4 Å². The van der Waals surface area contributed by atoms with Gasteiger partial charge in [0.1, 0.15) is 0 Å². The van der Waals surface area contributed by atoms with Crippen LogP contribution in [0, 0.1) is 4.77 Å². The fraction of sp³-hybridized carbons (Fsp3) is 0.467. The van der Waals surface area contributed by atoms with Crippen LogP contribution in [-0.2, 0) is 4.74 Å². The van der Waals surface area contributed by atoms with E-state index < -0.39 is 0 Å². The van der Waals surface area contributed by atoms with Crippen molar-refractivity contribution < 1.29 is 4.74 Å². The van der Waals surface area contributed by atoms with Crippen molar-refractivity contribution in [2.24, 2.45) is 0 Å². The lowest BCUT2D eigenvalue weighted by molar-refractivity contribution is -0.0690. The first-order valence-electron chi connectivity index (χ1n) is 6.93. The number of nitrogens with zero attached hydrogens (tertiary/aromatic N) is 2. The highest BCUT2D eigenvalue weighted by Crippen LogP contribution is 2.34. The van der Waals surface area contributed by atoms with Crippen molar-refractivity contribution in [3.63, 3.8) is 0 Å². The van der Waals surface area contributed by atoms with E-state index in [-0.39, 0.29) is 5.60 Å². The fourth-order valence-corrected chi connectivity index (χ4v) is 3.14. The zero-order valence-electron chi connectivity index (χ0n) is 11.8. The zero-order chi connectivity index (χ0) is 14.2. The number of aromatic nitrogens is 3. The predicted octanol–water partition coefficient (Wildman–Crippen LogP) is 3.74. The van der Waals surface area contributed by atoms with Gasteiger partial charge < -0.3 is 4.74 Å². The Hall–Kier alpha value is -1.46. The minimum absolute atomic E-state index is 0.108. The Morgan fingerprint density at radius 1 is 1.35 bits per heavy atom. The minimum atomic E-state index is -0.108. The molecule has 5 heteroatoms. The predicted molar refractivity (Wildman–Crippen MR) is 81.1 cm³/mol. The van der Waals surface area contributed by atoms with Gasteiger partial charge in [-0.15, -0.1) is 0 Å². The quantitative estimate of drug-likeness (QED) is 0.856. The lowest BCUT2D eigenvalue weighted by Gasteiger charge is -2.36. The van der Waals surface area contributed by atoms with Crippen molar-refractivity contribution in [1.29, 1.82) is 0 Å². The molecule has 2 heterocycles. The summed E-state index contributed by atoms with van der Waals surface area (Å²) in [5, 5.41) is 7.35. The Bertz CT molecular complexity index is 645. The van der Waals surface area contributed by atoms with E-state index in [4.69, 9.17) is 17.0 Å².